The Balaban J connectivity index is 2.19. The fraction of sp³-hybridized carbons (Fsp3) is 0.227. The van der Waals surface area contributed by atoms with Crippen LogP contribution in [-0.4, -0.2) is 33.3 Å². The zero-order valence-electron chi connectivity index (χ0n) is 16.6. The Bertz CT molecular complexity index is 1070. The zero-order valence-corrected chi connectivity index (χ0v) is 16.6. The Kier molecular flexibility index (Phi) is 5.96. The van der Waals surface area contributed by atoms with Crippen LogP contribution in [0.2, 0.25) is 0 Å². The third-order valence-corrected chi connectivity index (χ3v) is 4.20. The predicted molar refractivity (Wildman–Crippen MR) is 106 cm³/mol. The van der Waals surface area contributed by atoms with E-state index in [2.05, 4.69) is 9.97 Å². The van der Waals surface area contributed by atoms with Crippen LogP contribution in [0.3, 0.4) is 0 Å². The number of carboxylic acids is 1. The Hall–Kier alpha value is -3.55. The van der Waals surface area contributed by atoms with Crippen LogP contribution in [-0.2, 0) is 4.79 Å². The molecule has 1 heterocycles. The Morgan fingerprint density at radius 3 is 2.33 bits per heavy atom. The van der Waals surface area contributed by atoms with E-state index >= 15 is 0 Å². The highest BCUT2D eigenvalue weighted by Gasteiger charge is 2.30. The van der Waals surface area contributed by atoms with Crippen LogP contribution in [0.5, 0.6) is 11.6 Å². The normalized spacial score (nSPS) is 11.2. The SMILES string of the molecule is CCOc1ccc(F)cc1-c1cc(OC(C)(C)C(=O)O)nc(-c2ccc(F)cc2)n1. The first kappa shape index (κ1) is 21.2. The van der Waals surface area contributed by atoms with Gasteiger partial charge in [-0.3, -0.25) is 0 Å². The molecule has 0 aliphatic heterocycles. The number of rotatable bonds is 7. The van der Waals surface area contributed by atoms with Crippen molar-refractivity contribution >= 4 is 5.97 Å². The molecule has 3 rings (SSSR count). The molecule has 2 aromatic carbocycles. The molecule has 0 bridgehead atoms. The van der Waals surface area contributed by atoms with Crippen LogP contribution < -0.4 is 9.47 Å². The van der Waals surface area contributed by atoms with Gasteiger partial charge >= 0.3 is 5.97 Å². The molecule has 0 spiro atoms. The number of benzene rings is 2. The van der Waals surface area contributed by atoms with E-state index in [1.165, 1.54) is 62.4 Å². The van der Waals surface area contributed by atoms with Gasteiger partial charge in [0.15, 0.2) is 5.82 Å². The van der Waals surface area contributed by atoms with Crippen LogP contribution in [0, 0.1) is 11.6 Å². The fourth-order valence-electron chi connectivity index (χ4n) is 2.63. The molecule has 0 aliphatic carbocycles. The molecule has 0 fully saturated rings. The molecule has 6 nitrogen and oxygen atoms in total. The van der Waals surface area contributed by atoms with Gasteiger partial charge in [-0.2, -0.15) is 4.98 Å². The summed E-state index contributed by atoms with van der Waals surface area (Å²) in [6.07, 6.45) is 0. The van der Waals surface area contributed by atoms with Crippen molar-refractivity contribution in [2.45, 2.75) is 26.4 Å². The Morgan fingerprint density at radius 2 is 1.70 bits per heavy atom. The van der Waals surface area contributed by atoms with E-state index in [4.69, 9.17) is 9.47 Å². The van der Waals surface area contributed by atoms with Crippen molar-refractivity contribution in [1.29, 1.82) is 0 Å². The molecule has 0 radical (unpaired) electrons. The van der Waals surface area contributed by atoms with E-state index in [-0.39, 0.29) is 17.4 Å². The molecule has 0 atom stereocenters. The summed E-state index contributed by atoms with van der Waals surface area (Å²) in [7, 11) is 0. The van der Waals surface area contributed by atoms with Gasteiger partial charge in [0, 0.05) is 17.2 Å². The maximum atomic E-state index is 14.0. The van der Waals surface area contributed by atoms with Crippen molar-refractivity contribution in [3.05, 3.63) is 60.2 Å². The molecule has 0 saturated carbocycles. The molecule has 0 saturated heterocycles. The number of carbonyl (C=O) groups is 1. The molecule has 0 unspecified atom stereocenters. The monoisotopic (exact) mass is 414 g/mol. The van der Waals surface area contributed by atoms with E-state index in [1.54, 1.807) is 6.92 Å². The molecule has 1 N–H and O–H groups in total. The second kappa shape index (κ2) is 8.44. The van der Waals surface area contributed by atoms with E-state index < -0.39 is 23.2 Å². The van der Waals surface area contributed by atoms with E-state index in [9.17, 15) is 18.7 Å². The van der Waals surface area contributed by atoms with Crippen molar-refractivity contribution in [3.8, 4) is 34.3 Å². The molecular formula is C22H20F2N2O4. The summed E-state index contributed by atoms with van der Waals surface area (Å²) in [5.74, 6) is -1.59. The van der Waals surface area contributed by atoms with Gasteiger partial charge in [0.1, 0.15) is 17.4 Å². The Morgan fingerprint density at radius 1 is 1.03 bits per heavy atom. The smallest absolute Gasteiger partial charge is 0.347 e. The maximum Gasteiger partial charge on any atom is 0.347 e. The van der Waals surface area contributed by atoms with Crippen molar-refractivity contribution in [3.63, 3.8) is 0 Å². The van der Waals surface area contributed by atoms with Crippen molar-refractivity contribution < 1.29 is 28.2 Å². The third kappa shape index (κ3) is 4.71. The second-order valence-corrected chi connectivity index (χ2v) is 6.91. The first-order valence-electron chi connectivity index (χ1n) is 9.20. The number of aromatic nitrogens is 2. The molecule has 8 heteroatoms. The van der Waals surface area contributed by atoms with Gasteiger partial charge in [-0.25, -0.2) is 18.6 Å². The summed E-state index contributed by atoms with van der Waals surface area (Å²) in [5, 5.41) is 9.38. The minimum absolute atomic E-state index is 0.0292. The van der Waals surface area contributed by atoms with Crippen LogP contribution in [0.1, 0.15) is 20.8 Å². The Labute approximate surface area is 172 Å². The lowest BCUT2D eigenvalue weighted by Gasteiger charge is -2.21. The first-order chi connectivity index (χ1) is 14.2. The van der Waals surface area contributed by atoms with Gasteiger partial charge < -0.3 is 14.6 Å². The van der Waals surface area contributed by atoms with Crippen molar-refractivity contribution in [1.82, 2.24) is 9.97 Å². The molecular weight excluding hydrogens is 394 g/mol. The minimum atomic E-state index is -1.57. The summed E-state index contributed by atoms with van der Waals surface area (Å²) in [6, 6.07) is 10.9. The summed E-state index contributed by atoms with van der Waals surface area (Å²) in [5.41, 5.74) is -0.481. The van der Waals surface area contributed by atoms with Crippen LogP contribution in [0.4, 0.5) is 8.78 Å². The standard InChI is InChI=1S/C22H20F2N2O4/c1-4-29-18-10-9-15(24)11-16(18)17-12-19(30-22(2,3)21(27)28)26-20(25-17)13-5-7-14(23)8-6-13/h5-12H,4H2,1-3H3,(H,27,28). The number of hydrogen-bond donors (Lipinski definition) is 1. The lowest BCUT2D eigenvalue weighted by Crippen LogP contribution is -2.38. The molecule has 30 heavy (non-hydrogen) atoms. The predicted octanol–water partition coefficient (Wildman–Crippen LogP) is 4.73. The number of nitrogens with zero attached hydrogens (tertiary/aromatic N) is 2. The fourth-order valence-corrected chi connectivity index (χ4v) is 2.63. The molecule has 1 aromatic heterocycles. The lowest BCUT2D eigenvalue weighted by atomic mass is 10.1. The number of halogens is 2. The average molecular weight is 414 g/mol. The van der Waals surface area contributed by atoms with Crippen LogP contribution >= 0.6 is 0 Å². The van der Waals surface area contributed by atoms with Gasteiger partial charge in [-0.15, -0.1) is 0 Å². The lowest BCUT2D eigenvalue weighted by molar-refractivity contribution is -0.152. The van der Waals surface area contributed by atoms with E-state index in [0.29, 0.717) is 23.5 Å². The molecule has 0 amide bonds. The molecule has 0 aliphatic rings. The first-order valence-corrected chi connectivity index (χ1v) is 9.20. The number of carboxylic acid groups (broad SMARTS) is 1. The summed E-state index contributed by atoms with van der Waals surface area (Å²) < 4.78 is 38.5. The van der Waals surface area contributed by atoms with E-state index in [0.717, 1.165) is 0 Å². The summed E-state index contributed by atoms with van der Waals surface area (Å²) >= 11 is 0. The maximum absolute atomic E-state index is 14.0. The quantitative estimate of drug-likeness (QED) is 0.602. The van der Waals surface area contributed by atoms with Crippen molar-refractivity contribution in [2.75, 3.05) is 6.61 Å². The third-order valence-electron chi connectivity index (χ3n) is 4.20. The van der Waals surface area contributed by atoms with Gasteiger partial charge in [-0.05, 0) is 63.2 Å². The van der Waals surface area contributed by atoms with Gasteiger partial charge in [0.2, 0.25) is 11.5 Å². The number of hydrogen-bond acceptors (Lipinski definition) is 5. The highest BCUT2D eigenvalue weighted by Crippen LogP contribution is 2.33. The highest BCUT2D eigenvalue weighted by molar-refractivity contribution is 5.77. The highest BCUT2D eigenvalue weighted by atomic mass is 19.1. The number of ether oxygens (including phenoxy) is 2. The van der Waals surface area contributed by atoms with E-state index in [1.807, 2.05) is 0 Å². The van der Waals surface area contributed by atoms with Gasteiger partial charge in [0.25, 0.3) is 0 Å². The number of aliphatic carboxylic acids is 1. The summed E-state index contributed by atoms with van der Waals surface area (Å²) in [6.45, 7) is 4.90. The summed E-state index contributed by atoms with van der Waals surface area (Å²) in [4.78, 5) is 20.2. The van der Waals surface area contributed by atoms with Crippen molar-refractivity contribution in [2.24, 2.45) is 0 Å². The average Bonchev–Trinajstić information content (AvgIpc) is 2.69. The van der Waals surface area contributed by atoms with Crippen LogP contribution in [0.25, 0.3) is 22.6 Å². The molecule has 3 aromatic rings. The van der Waals surface area contributed by atoms with Crippen LogP contribution in [0.15, 0.2) is 48.5 Å². The minimum Gasteiger partial charge on any atom is -0.493 e. The second-order valence-electron chi connectivity index (χ2n) is 6.91. The molecule has 156 valence electrons. The topological polar surface area (TPSA) is 81.5 Å². The largest absolute Gasteiger partial charge is 0.493 e. The zero-order chi connectivity index (χ0) is 21.9. The van der Waals surface area contributed by atoms with Gasteiger partial charge in [-0.1, -0.05) is 0 Å². The van der Waals surface area contributed by atoms with Gasteiger partial charge in [0.05, 0.1) is 12.3 Å².